The Bertz CT molecular complexity index is 671. The minimum Gasteiger partial charge on any atom is -0.392 e. The third-order valence-corrected chi connectivity index (χ3v) is 6.37. The van der Waals surface area contributed by atoms with Gasteiger partial charge in [-0.25, -0.2) is 17.2 Å². The second kappa shape index (κ2) is 6.43. The van der Waals surface area contributed by atoms with Gasteiger partial charge in [-0.1, -0.05) is 0 Å². The summed E-state index contributed by atoms with van der Waals surface area (Å²) < 4.78 is 53.1. The number of hydrogen-bond donors (Lipinski definition) is 1. The van der Waals surface area contributed by atoms with Gasteiger partial charge in [0.05, 0.1) is 6.10 Å². The molecule has 2 fully saturated rings. The van der Waals surface area contributed by atoms with Crippen molar-refractivity contribution in [3.8, 4) is 0 Å². The van der Waals surface area contributed by atoms with Crippen LogP contribution in [0.15, 0.2) is 23.1 Å². The molecule has 0 amide bonds. The molecule has 1 aromatic rings. The van der Waals surface area contributed by atoms with Crippen LogP contribution in [0.2, 0.25) is 0 Å². The highest BCUT2D eigenvalue weighted by Crippen LogP contribution is 2.33. The SMILES string of the molecule is O=S(=O)(c1cc(F)ccc1F)N1CCN(C[C@@H](O)C2CC2)CC1. The Balaban J connectivity index is 1.65. The average molecular weight is 346 g/mol. The van der Waals surface area contributed by atoms with Gasteiger partial charge in [0.1, 0.15) is 16.5 Å². The Kier molecular flexibility index (Phi) is 4.68. The fraction of sp³-hybridized carbons (Fsp3) is 0.600. The van der Waals surface area contributed by atoms with Crippen LogP contribution in [0.1, 0.15) is 12.8 Å². The fourth-order valence-corrected chi connectivity index (χ4v) is 4.36. The first-order valence-electron chi connectivity index (χ1n) is 7.73. The number of halogens is 2. The Morgan fingerprint density at radius 1 is 1.17 bits per heavy atom. The molecule has 3 rings (SSSR count). The molecule has 2 aliphatic rings. The summed E-state index contributed by atoms with van der Waals surface area (Å²) in [5, 5.41) is 9.95. The van der Waals surface area contributed by atoms with Crippen molar-refractivity contribution in [2.45, 2.75) is 23.8 Å². The predicted molar refractivity (Wildman–Crippen MR) is 80.3 cm³/mol. The van der Waals surface area contributed by atoms with Crippen molar-refractivity contribution in [1.82, 2.24) is 9.21 Å². The molecular weight excluding hydrogens is 326 g/mol. The summed E-state index contributed by atoms with van der Waals surface area (Å²) >= 11 is 0. The summed E-state index contributed by atoms with van der Waals surface area (Å²) in [5.41, 5.74) is 0. The molecular formula is C15H20F2N2O3S. The summed E-state index contributed by atoms with van der Waals surface area (Å²) in [7, 11) is -4.04. The lowest BCUT2D eigenvalue weighted by molar-refractivity contribution is 0.0781. The molecule has 1 heterocycles. The fourth-order valence-electron chi connectivity index (χ4n) is 2.86. The lowest BCUT2D eigenvalue weighted by Gasteiger charge is -2.35. The van der Waals surface area contributed by atoms with E-state index in [1.54, 1.807) is 0 Å². The Hall–Kier alpha value is -1.09. The molecule has 128 valence electrons. The van der Waals surface area contributed by atoms with Gasteiger partial charge in [0.15, 0.2) is 0 Å². The minimum absolute atomic E-state index is 0.204. The molecule has 0 radical (unpaired) electrons. The molecule has 1 atom stereocenters. The average Bonchev–Trinajstić information content (AvgIpc) is 3.35. The van der Waals surface area contributed by atoms with Crippen LogP contribution in [0, 0.1) is 17.6 Å². The first kappa shape index (κ1) is 16.8. The van der Waals surface area contributed by atoms with Gasteiger partial charge in [-0.05, 0) is 37.0 Å². The number of hydrogen-bond acceptors (Lipinski definition) is 4. The minimum atomic E-state index is -4.04. The van der Waals surface area contributed by atoms with Gasteiger partial charge in [-0.2, -0.15) is 4.31 Å². The van der Waals surface area contributed by atoms with E-state index in [0.29, 0.717) is 31.6 Å². The van der Waals surface area contributed by atoms with Crippen LogP contribution >= 0.6 is 0 Å². The van der Waals surface area contributed by atoms with Crippen LogP contribution in [0.3, 0.4) is 0 Å². The van der Waals surface area contributed by atoms with E-state index in [0.717, 1.165) is 25.0 Å². The van der Waals surface area contributed by atoms with Crippen molar-refractivity contribution in [2.24, 2.45) is 5.92 Å². The second-order valence-electron chi connectivity index (χ2n) is 6.18. The van der Waals surface area contributed by atoms with E-state index in [4.69, 9.17) is 0 Å². The number of piperazine rings is 1. The molecule has 0 spiro atoms. The molecule has 0 bridgehead atoms. The van der Waals surface area contributed by atoms with E-state index in [9.17, 15) is 22.3 Å². The van der Waals surface area contributed by atoms with Gasteiger partial charge < -0.3 is 5.11 Å². The lowest BCUT2D eigenvalue weighted by atomic mass is 10.2. The maximum atomic E-state index is 13.7. The van der Waals surface area contributed by atoms with Crippen LogP contribution in [0.5, 0.6) is 0 Å². The summed E-state index contributed by atoms with van der Waals surface area (Å²) in [6.45, 7) is 1.89. The smallest absolute Gasteiger partial charge is 0.246 e. The molecule has 1 aliphatic heterocycles. The van der Waals surface area contributed by atoms with Crippen LogP contribution < -0.4 is 0 Å². The van der Waals surface area contributed by atoms with Crippen molar-refractivity contribution in [3.05, 3.63) is 29.8 Å². The van der Waals surface area contributed by atoms with Gasteiger partial charge >= 0.3 is 0 Å². The zero-order chi connectivity index (χ0) is 16.6. The molecule has 23 heavy (non-hydrogen) atoms. The van der Waals surface area contributed by atoms with Crippen LogP contribution in [-0.2, 0) is 10.0 Å². The molecule has 0 unspecified atom stereocenters. The highest BCUT2D eigenvalue weighted by Gasteiger charge is 2.34. The zero-order valence-corrected chi connectivity index (χ0v) is 13.5. The van der Waals surface area contributed by atoms with Crippen molar-refractivity contribution >= 4 is 10.0 Å². The van der Waals surface area contributed by atoms with E-state index in [-0.39, 0.29) is 19.2 Å². The monoisotopic (exact) mass is 346 g/mol. The first-order valence-corrected chi connectivity index (χ1v) is 9.17. The molecule has 1 aliphatic carbocycles. The molecule has 8 heteroatoms. The standard InChI is InChI=1S/C15H20F2N2O3S/c16-12-3-4-13(17)15(9-12)23(21,22)19-7-5-18(6-8-19)10-14(20)11-1-2-11/h3-4,9,11,14,20H,1-2,5-8,10H2/t14-/m1/s1. The largest absolute Gasteiger partial charge is 0.392 e. The number of β-amino-alcohol motifs (C(OH)–C–C–N with tert-alkyl or cyclic N) is 1. The highest BCUT2D eigenvalue weighted by molar-refractivity contribution is 7.89. The van der Waals surface area contributed by atoms with Crippen molar-refractivity contribution in [2.75, 3.05) is 32.7 Å². The normalized spacial score (nSPS) is 22.2. The molecule has 1 N–H and O–H groups in total. The summed E-state index contributed by atoms with van der Waals surface area (Å²) in [6.07, 6.45) is 1.74. The van der Waals surface area contributed by atoms with Gasteiger partial charge in [-0.3, -0.25) is 4.90 Å². The maximum absolute atomic E-state index is 13.7. The zero-order valence-electron chi connectivity index (χ0n) is 12.7. The Morgan fingerprint density at radius 3 is 2.43 bits per heavy atom. The van der Waals surface area contributed by atoms with Gasteiger partial charge in [0.25, 0.3) is 0 Å². The van der Waals surface area contributed by atoms with E-state index in [1.807, 2.05) is 4.90 Å². The third-order valence-electron chi connectivity index (χ3n) is 4.45. The number of sulfonamides is 1. The second-order valence-corrected chi connectivity index (χ2v) is 8.09. The van der Waals surface area contributed by atoms with Crippen LogP contribution in [0.4, 0.5) is 8.78 Å². The van der Waals surface area contributed by atoms with Gasteiger partial charge in [0, 0.05) is 32.7 Å². The van der Waals surface area contributed by atoms with E-state index in [2.05, 4.69) is 0 Å². The quantitative estimate of drug-likeness (QED) is 0.866. The van der Waals surface area contributed by atoms with Crippen molar-refractivity contribution in [1.29, 1.82) is 0 Å². The molecule has 1 saturated carbocycles. The predicted octanol–water partition coefficient (Wildman–Crippen LogP) is 1.04. The van der Waals surface area contributed by atoms with Crippen LogP contribution in [-0.4, -0.2) is 61.6 Å². The van der Waals surface area contributed by atoms with Crippen LogP contribution in [0.25, 0.3) is 0 Å². The number of aliphatic hydroxyl groups is 1. The van der Waals surface area contributed by atoms with E-state index < -0.39 is 26.6 Å². The van der Waals surface area contributed by atoms with Crippen molar-refractivity contribution < 1.29 is 22.3 Å². The topological polar surface area (TPSA) is 60.9 Å². The number of rotatable bonds is 5. The molecule has 1 saturated heterocycles. The van der Waals surface area contributed by atoms with E-state index >= 15 is 0 Å². The van der Waals surface area contributed by atoms with Gasteiger partial charge in [-0.15, -0.1) is 0 Å². The Morgan fingerprint density at radius 2 is 1.83 bits per heavy atom. The van der Waals surface area contributed by atoms with E-state index in [1.165, 1.54) is 4.31 Å². The summed E-state index contributed by atoms with van der Waals surface area (Å²) in [6, 6.07) is 2.43. The van der Waals surface area contributed by atoms with Gasteiger partial charge in [0.2, 0.25) is 10.0 Å². The highest BCUT2D eigenvalue weighted by atomic mass is 32.2. The molecule has 0 aromatic heterocycles. The van der Waals surface area contributed by atoms with Crippen molar-refractivity contribution in [3.63, 3.8) is 0 Å². The summed E-state index contributed by atoms with van der Waals surface area (Å²) in [4.78, 5) is 1.39. The summed E-state index contributed by atoms with van der Waals surface area (Å²) in [5.74, 6) is -1.35. The molecule has 1 aromatic carbocycles. The molecule has 5 nitrogen and oxygen atoms in total. The Labute approximate surface area is 134 Å². The number of benzene rings is 1. The number of nitrogens with zero attached hydrogens (tertiary/aromatic N) is 2. The maximum Gasteiger partial charge on any atom is 0.246 e. The number of aliphatic hydroxyl groups excluding tert-OH is 1. The lowest BCUT2D eigenvalue weighted by Crippen LogP contribution is -2.50. The first-order chi connectivity index (χ1) is 10.9. The third kappa shape index (κ3) is 3.71.